The lowest BCUT2D eigenvalue weighted by atomic mass is 9.64. The molecule has 0 amide bonds. The lowest BCUT2D eigenvalue weighted by Gasteiger charge is -2.51. The van der Waals surface area contributed by atoms with Crippen molar-refractivity contribution in [1.82, 2.24) is 9.97 Å². The van der Waals surface area contributed by atoms with E-state index in [1.807, 2.05) is 6.92 Å². The molecule has 1 aliphatic rings. The zero-order valence-corrected chi connectivity index (χ0v) is 14.0. The average Bonchev–Trinajstić information content (AvgIpc) is 2.46. The van der Waals surface area contributed by atoms with E-state index >= 15 is 0 Å². The molecule has 1 aromatic heterocycles. The number of halogens is 1. The lowest BCUT2D eigenvalue weighted by Crippen LogP contribution is -2.58. The highest BCUT2D eigenvalue weighted by molar-refractivity contribution is 6.32. The average molecular weight is 313 g/mol. The van der Waals surface area contributed by atoms with Gasteiger partial charge in [0.1, 0.15) is 5.02 Å². The standard InChI is InChI=1S/C15H25ClN4O/c1-5-7-17-14-18-9-10(16)13(20-14)19-11-8-12(21-6-2)15(11,3)4/h9,11-12H,5-8H2,1-4H3,(H2,17,18,19,20). The number of nitrogens with one attached hydrogen (secondary N) is 2. The minimum absolute atomic E-state index is 0.0707. The highest BCUT2D eigenvalue weighted by Crippen LogP contribution is 2.44. The van der Waals surface area contributed by atoms with Gasteiger partial charge in [-0.25, -0.2) is 4.98 Å². The van der Waals surface area contributed by atoms with Crippen molar-refractivity contribution in [2.75, 3.05) is 23.8 Å². The molecule has 118 valence electrons. The van der Waals surface area contributed by atoms with E-state index in [4.69, 9.17) is 16.3 Å². The summed E-state index contributed by atoms with van der Waals surface area (Å²) in [4.78, 5) is 8.65. The first-order chi connectivity index (χ1) is 9.98. The van der Waals surface area contributed by atoms with Crippen LogP contribution < -0.4 is 10.6 Å². The third-order valence-electron chi connectivity index (χ3n) is 4.13. The molecule has 6 heteroatoms. The molecule has 0 bridgehead atoms. The third kappa shape index (κ3) is 3.58. The second kappa shape index (κ2) is 6.79. The van der Waals surface area contributed by atoms with Crippen molar-refractivity contribution < 1.29 is 4.74 Å². The van der Waals surface area contributed by atoms with Crippen LogP contribution in [0.3, 0.4) is 0 Å². The van der Waals surface area contributed by atoms with Gasteiger partial charge in [-0.15, -0.1) is 0 Å². The summed E-state index contributed by atoms with van der Waals surface area (Å²) in [6.07, 6.45) is 3.93. The molecule has 1 aliphatic carbocycles. The smallest absolute Gasteiger partial charge is 0.224 e. The summed E-state index contributed by atoms with van der Waals surface area (Å²) in [5, 5.41) is 7.16. The summed E-state index contributed by atoms with van der Waals surface area (Å²) in [5.41, 5.74) is 0.0707. The van der Waals surface area contributed by atoms with Gasteiger partial charge in [0.15, 0.2) is 5.82 Å². The van der Waals surface area contributed by atoms with E-state index in [0.29, 0.717) is 28.9 Å². The van der Waals surface area contributed by atoms with Gasteiger partial charge in [0.2, 0.25) is 5.95 Å². The van der Waals surface area contributed by atoms with Crippen molar-refractivity contribution in [2.24, 2.45) is 5.41 Å². The molecule has 1 fully saturated rings. The number of nitrogens with zero attached hydrogens (tertiary/aromatic N) is 2. The van der Waals surface area contributed by atoms with Gasteiger partial charge < -0.3 is 15.4 Å². The van der Waals surface area contributed by atoms with Crippen molar-refractivity contribution in [2.45, 2.75) is 52.7 Å². The van der Waals surface area contributed by atoms with Gasteiger partial charge in [-0.1, -0.05) is 32.4 Å². The molecular weight excluding hydrogens is 288 g/mol. The zero-order chi connectivity index (χ0) is 15.5. The van der Waals surface area contributed by atoms with E-state index in [2.05, 4.69) is 41.4 Å². The maximum absolute atomic E-state index is 6.20. The van der Waals surface area contributed by atoms with Crippen LogP contribution in [0, 0.1) is 5.41 Å². The van der Waals surface area contributed by atoms with Crippen LogP contribution in [0.1, 0.15) is 40.5 Å². The molecule has 2 N–H and O–H groups in total. The first-order valence-corrected chi connectivity index (χ1v) is 8.01. The predicted octanol–water partition coefficient (Wildman–Crippen LogP) is 3.57. The van der Waals surface area contributed by atoms with Crippen LogP contribution in [-0.2, 0) is 4.74 Å². The fourth-order valence-corrected chi connectivity index (χ4v) is 2.72. The van der Waals surface area contributed by atoms with Crippen molar-refractivity contribution in [3.8, 4) is 0 Å². The maximum atomic E-state index is 6.20. The van der Waals surface area contributed by atoms with E-state index in [9.17, 15) is 0 Å². The van der Waals surface area contributed by atoms with Crippen LogP contribution in [0.15, 0.2) is 6.20 Å². The molecule has 2 atom stereocenters. The molecule has 2 rings (SSSR count). The SMILES string of the molecule is CCCNc1ncc(Cl)c(NC2CC(OCC)C2(C)C)n1. The Labute approximate surface area is 131 Å². The van der Waals surface area contributed by atoms with Crippen molar-refractivity contribution in [3.63, 3.8) is 0 Å². The van der Waals surface area contributed by atoms with Crippen molar-refractivity contribution in [3.05, 3.63) is 11.2 Å². The van der Waals surface area contributed by atoms with Gasteiger partial charge in [0.25, 0.3) is 0 Å². The topological polar surface area (TPSA) is 59.1 Å². The largest absolute Gasteiger partial charge is 0.378 e. The number of rotatable bonds is 7. The minimum Gasteiger partial charge on any atom is -0.378 e. The van der Waals surface area contributed by atoms with Crippen molar-refractivity contribution >= 4 is 23.4 Å². The number of ether oxygens (including phenoxy) is 1. The number of hydrogen-bond donors (Lipinski definition) is 2. The third-order valence-corrected chi connectivity index (χ3v) is 4.41. The molecule has 21 heavy (non-hydrogen) atoms. The van der Waals surface area contributed by atoms with E-state index in [1.54, 1.807) is 6.20 Å². The Morgan fingerprint density at radius 1 is 1.43 bits per heavy atom. The molecule has 5 nitrogen and oxygen atoms in total. The van der Waals surface area contributed by atoms with E-state index < -0.39 is 0 Å². The highest BCUT2D eigenvalue weighted by Gasteiger charge is 2.49. The fourth-order valence-electron chi connectivity index (χ4n) is 2.57. The van der Waals surface area contributed by atoms with Crippen LogP contribution in [0.5, 0.6) is 0 Å². The second-order valence-corrected chi connectivity index (χ2v) is 6.42. The molecule has 1 aromatic rings. The summed E-state index contributed by atoms with van der Waals surface area (Å²) in [6, 6.07) is 0.306. The lowest BCUT2D eigenvalue weighted by molar-refractivity contribution is -0.0976. The summed E-state index contributed by atoms with van der Waals surface area (Å²) >= 11 is 6.20. The van der Waals surface area contributed by atoms with Crippen LogP contribution in [-0.4, -0.2) is 35.3 Å². The summed E-state index contributed by atoms with van der Waals surface area (Å²) in [7, 11) is 0. The van der Waals surface area contributed by atoms with Gasteiger partial charge in [-0.2, -0.15) is 4.98 Å². The number of anilines is 2. The van der Waals surface area contributed by atoms with Crippen LogP contribution in [0.2, 0.25) is 5.02 Å². The monoisotopic (exact) mass is 312 g/mol. The van der Waals surface area contributed by atoms with E-state index in [1.165, 1.54) is 0 Å². The van der Waals surface area contributed by atoms with Gasteiger partial charge in [0, 0.05) is 24.6 Å². The van der Waals surface area contributed by atoms with Crippen LogP contribution in [0.25, 0.3) is 0 Å². The molecule has 0 radical (unpaired) electrons. The normalized spacial score (nSPS) is 23.5. The second-order valence-electron chi connectivity index (χ2n) is 6.01. The Bertz CT molecular complexity index is 481. The molecule has 1 saturated carbocycles. The Hall–Kier alpha value is -1.07. The van der Waals surface area contributed by atoms with Gasteiger partial charge in [0.05, 0.1) is 12.3 Å². The molecule has 2 unspecified atom stereocenters. The van der Waals surface area contributed by atoms with Gasteiger partial charge >= 0.3 is 0 Å². The summed E-state index contributed by atoms with van der Waals surface area (Å²) in [6.45, 7) is 10.2. The predicted molar refractivity (Wildman–Crippen MR) is 87.0 cm³/mol. The first kappa shape index (κ1) is 16.3. The maximum Gasteiger partial charge on any atom is 0.224 e. The zero-order valence-electron chi connectivity index (χ0n) is 13.2. The fraction of sp³-hybridized carbons (Fsp3) is 0.733. The summed E-state index contributed by atoms with van der Waals surface area (Å²) < 4.78 is 5.75. The Morgan fingerprint density at radius 3 is 2.81 bits per heavy atom. The van der Waals surface area contributed by atoms with Crippen LogP contribution in [0.4, 0.5) is 11.8 Å². The Kier molecular flexibility index (Phi) is 5.27. The first-order valence-electron chi connectivity index (χ1n) is 7.63. The Balaban J connectivity index is 2.03. The molecule has 0 spiro atoms. The van der Waals surface area contributed by atoms with Gasteiger partial charge in [-0.05, 0) is 19.8 Å². The van der Waals surface area contributed by atoms with Crippen molar-refractivity contribution in [1.29, 1.82) is 0 Å². The number of aromatic nitrogens is 2. The van der Waals surface area contributed by atoms with E-state index in [-0.39, 0.29) is 5.41 Å². The minimum atomic E-state index is 0.0707. The quantitative estimate of drug-likeness (QED) is 0.806. The summed E-state index contributed by atoms with van der Waals surface area (Å²) in [5.74, 6) is 1.31. The molecule has 0 aromatic carbocycles. The highest BCUT2D eigenvalue weighted by atomic mass is 35.5. The molecule has 1 heterocycles. The number of hydrogen-bond acceptors (Lipinski definition) is 5. The van der Waals surface area contributed by atoms with E-state index in [0.717, 1.165) is 26.0 Å². The molecular formula is C15H25ClN4O. The molecule has 0 aliphatic heterocycles. The van der Waals surface area contributed by atoms with Gasteiger partial charge in [-0.3, -0.25) is 0 Å². The Morgan fingerprint density at radius 2 is 2.19 bits per heavy atom. The molecule has 0 saturated heterocycles. The van der Waals surface area contributed by atoms with Crippen LogP contribution >= 0.6 is 11.6 Å².